The van der Waals surface area contributed by atoms with Gasteiger partial charge in [0.2, 0.25) is 0 Å². The standard InChI is InChI=1S/C19H19BrN4O/c1-12-5-6-17-14(7-12)10-21-18-16(11-23-24(17)18)19(25)22-9-13-3-2-4-15(20)8-13/h2-4,8,10-12H,5-7,9H2,1H3,(H,22,25). The van der Waals surface area contributed by atoms with Gasteiger partial charge in [0, 0.05) is 22.9 Å². The molecule has 0 saturated heterocycles. The number of amides is 1. The van der Waals surface area contributed by atoms with Gasteiger partial charge in [-0.05, 0) is 48.4 Å². The maximum absolute atomic E-state index is 12.6. The highest BCUT2D eigenvalue weighted by molar-refractivity contribution is 9.10. The van der Waals surface area contributed by atoms with E-state index < -0.39 is 0 Å². The Kier molecular flexibility index (Phi) is 4.29. The number of halogens is 1. The van der Waals surface area contributed by atoms with Gasteiger partial charge in [0.25, 0.3) is 5.91 Å². The van der Waals surface area contributed by atoms with Gasteiger partial charge in [-0.25, -0.2) is 9.50 Å². The number of aryl methyl sites for hydroxylation is 1. The molecule has 0 bridgehead atoms. The molecule has 0 saturated carbocycles. The highest BCUT2D eigenvalue weighted by Crippen LogP contribution is 2.25. The molecule has 2 heterocycles. The minimum absolute atomic E-state index is 0.147. The van der Waals surface area contributed by atoms with Crippen LogP contribution in [0, 0.1) is 5.92 Å². The summed E-state index contributed by atoms with van der Waals surface area (Å²) in [6.45, 7) is 2.73. The van der Waals surface area contributed by atoms with Crippen LogP contribution in [-0.4, -0.2) is 20.5 Å². The third-order valence-electron chi connectivity index (χ3n) is 4.74. The van der Waals surface area contributed by atoms with E-state index in [-0.39, 0.29) is 5.91 Å². The summed E-state index contributed by atoms with van der Waals surface area (Å²) in [5.41, 5.74) is 4.64. The number of fused-ring (bicyclic) bond motifs is 3. The molecule has 1 aliphatic rings. The van der Waals surface area contributed by atoms with Gasteiger partial charge in [0.15, 0.2) is 5.65 Å². The predicted molar refractivity (Wildman–Crippen MR) is 99.5 cm³/mol. The summed E-state index contributed by atoms with van der Waals surface area (Å²) < 4.78 is 2.84. The van der Waals surface area contributed by atoms with Gasteiger partial charge in [-0.3, -0.25) is 4.79 Å². The molecule has 4 rings (SSSR count). The average molecular weight is 399 g/mol. The predicted octanol–water partition coefficient (Wildman–Crippen LogP) is 3.55. The van der Waals surface area contributed by atoms with E-state index in [9.17, 15) is 4.79 Å². The number of hydrogen-bond acceptors (Lipinski definition) is 3. The van der Waals surface area contributed by atoms with E-state index in [0.29, 0.717) is 23.7 Å². The lowest BCUT2D eigenvalue weighted by molar-refractivity contribution is 0.0952. The first kappa shape index (κ1) is 16.3. The van der Waals surface area contributed by atoms with Crippen LogP contribution in [-0.2, 0) is 19.4 Å². The van der Waals surface area contributed by atoms with Crippen LogP contribution in [0.3, 0.4) is 0 Å². The van der Waals surface area contributed by atoms with Gasteiger partial charge in [0.1, 0.15) is 5.56 Å². The lowest BCUT2D eigenvalue weighted by atomic mass is 9.89. The molecule has 0 radical (unpaired) electrons. The minimum atomic E-state index is -0.147. The number of hydrogen-bond donors (Lipinski definition) is 1. The van der Waals surface area contributed by atoms with Crippen LogP contribution in [0.4, 0.5) is 0 Å². The molecule has 1 amide bonds. The highest BCUT2D eigenvalue weighted by Gasteiger charge is 2.21. The zero-order valence-electron chi connectivity index (χ0n) is 14.0. The summed E-state index contributed by atoms with van der Waals surface area (Å²) in [7, 11) is 0. The smallest absolute Gasteiger partial charge is 0.257 e. The molecule has 1 aliphatic carbocycles. The molecule has 3 aromatic rings. The van der Waals surface area contributed by atoms with E-state index in [1.807, 2.05) is 35.0 Å². The van der Waals surface area contributed by atoms with Crippen LogP contribution in [0.2, 0.25) is 0 Å². The molecule has 5 nitrogen and oxygen atoms in total. The summed E-state index contributed by atoms with van der Waals surface area (Å²) >= 11 is 3.44. The molecular weight excluding hydrogens is 380 g/mol. The van der Waals surface area contributed by atoms with Gasteiger partial charge in [-0.1, -0.05) is 35.0 Å². The summed E-state index contributed by atoms with van der Waals surface area (Å²) in [6.07, 6.45) is 6.69. The Morgan fingerprint density at radius 3 is 3.12 bits per heavy atom. The molecule has 0 aliphatic heterocycles. The Bertz CT molecular complexity index is 950. The number of rotatable bonds is 3. The number of carbonyl (C=O) groups is 1. The van der Waals surface area contributed by atoms with E-state index in [0.717, 1.165) is 29.3 Å². The number of nitrogens with zero attached hydrogens (tertiary/aromatic N) is 3. The van der Waals surface area contributed by atoms with Crippen molar-refractivity contribution in [1.29, 1.82) is 0 Å². The lowest BCUT2D eigenvalue weighted by Gasteiger charge is -2.21. The molecule has 1 N–H and O–H groups in total. The van der Waals surface area contributed by atoms with E-state index >= 15 is 0 Å². The molecule has 1 unspecified atom stereocenters. The summed E-state index contributed by atoms with van der Waals surface area (Å²) in [4.78, 5) is 17.1. The van der Waals surface area contributed by atoms with E-state index in [4.69, 9.17) is 0 Å². The molecule has 0 spiro atoms. The van der Waals surface area contributed by atoms with E-state index in [1.165, 1.54) is 11.3 Å². The fraction of sp³-hybridized carbons (Fsp3) is 0.316. The number of aromatic nitrogens is 3. The quantitative estimate of drug-likeness (QED) is 0.733. The maximum atomic E-state index is 12.6. The Morgan fingerprint density at radius 1 is 1.40 bits per heavy atom. The van der Waals surface area contributed by atoms with Crippen LogP contribution in [0.25, 0.3) is 5.65 Å². The van der Waals surface area contributed by atoms with Crippen molar-refractivity contribution < 1.29 is 4.79 Å². The number of carbonyl (C=O) groups excluding carboxylic acids is 1. The zero-order valence-corrected chi connectivity index (χ0v) is 15.6. The Labute approximate surface area is 154 Å². The topological polar surface area (TPSA) is 59.3 Å². The Morgan fingerprint density at radius 2 is 2.28 bits per heavy atom. The SMILES string of the molecule is CC1CCc2c(cnc3c(C(=O)NCc4cccc(Br)c4)cnn23)C1. The van der Waals surface area contributed by atoms with Gasteiger partial charge >= 0.3 is 0 Å². The molecule has 0 fully saturated rings. The molecule has 25 heavy (non-hydrogen) atoms. The van der Waals surface area contributed by atoms with Crippen LogP contribution < -0.4 is 5.32 Å². The third-order valence-corrected chi connectivity index (χ3v) is 5.24. The maximum Gasteiger partial charge on any atom is 0.257 e. The largest absolute Gasteiger partial charge is 0.348 e. The summed E-state index contributed by atoms with van der Waals surface area (Å²) in [5.74, 6) is 0.530. The second-order valence-electron chi connectivity index (χ2n) is 6.68. The van der Waals surface area contributed by atoms with Crippen molar-refractivity contribution in [2.75, 3.05) is 0 Å². The zero-order chi connectivity index (χ0) is 17.4. The third kappa shape index (κ3) is 3.18. The van der Waals surface area contributed by atoms with Gasteiger partial charge < -0.3 is 5.32 Å². The molecule has 128 valence electrons. The first-order chi connectivity index (χ1) is 12.1. The van der Waals surface area contributed by atoms with Crippen LogP contribution in [0.1, 0.15) is 40.5 Å². The lowest BCUT2D eigenvalue weighted by Crippen LogP contribution is -2.23. The van der Waals surface area contributed by atoms with Gasteiger partial charge in [-0.2, -0.15) is 5.10 Å². The first-order valence-electron chi connectivity index (χ1n) is 8.49. The Hall–Kier alpha value is -2.21. The summed E-state index contributed by atoms with van der Waals surface area (Å²) in [6, 6.07) is 7.89. The van der Waals surface area contributed by atoms with Crippen molar-refractivity contribution in [2.45, 2.75) is 32.7 Å². The van der Waals surface area contributed by atoms with Crippen molar-refractivity contribution in [3.63, 3.8) is 0 Å². The second kappa shape index (κ2) is 6.59. The average Bonchev–Trinajstić information content (AvgIpc) is 3.04. The fourth-order valence-electron chi connectivity index (χ4n) is 3.40. The number of benzene rings is 1. The molecule has 1 aromatic carbocycles. The summed E-state index contributed by atoms with van der Waals surface area (Å²) in [5, 5.41) is 7.39. The van der Waals surface area contributed by atoms with Crippen molar-refractivity contribution in [3.05, 3.63) is 63.5 Å². The molecule has 6 heteroatoms. The van der Waals surface area contributed by atoms with E-state index in [1.54, 1.807) is 6.20 Å². The molecule has 2 aromatic heterocycles. The van der Waals surface area contributed by atoms with Crippen LogP contribution >= 0.6 is 15.9 Å². The fourth-order valence-corrected chi connectivity index (χ4v) is 3.84. The monoisotopic (exact) mass is 398 g/mol. The normalized spacial score (nSPS) is 16.6. The van der Waals surface area contributed by atoms with Crippen LogP contribution in [0.15, 0.2) is 41.1 Å². The van der Waals surface area contributed by atoms with Gasteiger partial charge in [-0.15, -0.1) is 0 Å². The Balaban J connectivity index is 1.58. The second-order valence-corrected chi connectivity index (χ2v) is 7.60. The first-order valence-corrected chi connectivity index (χ1v) is 9.28. The van der Waals surface area contributed by atoms with Crippen molar-refractivity contribution in [1.82, 2.24) is 19.9 Å². The van der Waals surface area contributed by atoms with Crippen molar-refractivity contribution in [3.8, 4) is 0 Å². The molecular formula is C19H19BrN4O. The molecule has 1 atom stereocenters. The number of nitrogens with one attached hydrogen (secondary N) is 1. The minimum Gasteiger partial charge on any atom is -0.348 e. The highest BCUT2D eigenvalue weighted by atomic mass is 79.9. The van der Waals surface area contributed by atoms with Crippen LogP contribution in [0.5, 0.6) is 0 Å². The van der Waals surface area contributed by atoms with Crippen molar-refractivity contribution in [2.24, 2.45) is 5.92 Å². The van der Waals surface area contributed by atoms with Crippen molar-refractivity contribution >= 4 is 27.5 Å². The van der Waals surface area contributed by atoms with E-state index in [2.05, 4.69) is 38.3 Å². The van der Waals surface area contributed by atoms with Gasteiger partial charge in [0.05, 0.1) is 6.20 Å².